The molecule has 5 N–H and O–H groups in total. The average molecular weight is 350 g/mol. The van der Waals surface area contributed by atoms with Crippen LogP contribution < -0.4 is 17.0 Å². The Morgan fingerprint density at radius 2 is 1.92 bits per heavy atom. The fourth-order valence-electron chi connectivity index (χ4n) is 2.92. The summed E-state index contributed by atoms with van der Waals surface area (Å²) in [6, 6.07) is 9.67. The molecule has 1 amide bonds. The third-order valence-corrected chi connectivity index (χ3v) is 4.27. The molecule has 0 aliphatic carbocycles. The van der Waals surface area contributed by atoms with Crippen LogP contribution in [-0.4, -0.2) is 20.6 Å². The topological polar surface area (TPSA) is 124 Å². The van der Waals surface area contributed by atoms with Crippen molar-refractivity contribution in [2.45, 2.75) is 13.8 Å². The number of hydrogen-bond donors (Lipinski definition) is 3. The average Bonchev–Trinajstić information content (AvgIpc) is 2.61. The van der Waals surface area contributed by atoms with E-state index in [2.05, 4.69) is 4.98 Å². The Labute approximate surface area is 149 Å². The summed E-state index contributed by atoms with van der Waals surface area (Å²) >= 11 is 0. The molecule has 132 valence electrons. The quantitative estimate of drug-likeness (QED) is 0.665. The Balaban J connectivity index is 2.47. The first-order chi connectivity index (χ1) is 12.3. The van der Waals surface area contributed by atoms with Crippen LogP contribution in [0.5, 0.6) is 5.75 Å². The molecule has 7 heteroatoms. The van der Waals surface area contributed by atoms with Crippen molar-refractivity contribution in [1.82, 2.24) is 9.55 Å². The van der Waals surface area contributed by atoms with E-state index in [0.29, 0.717) is 22.5 Å². The first kappa shape index (κ1) is 17.2. The number of phenolic OH excluding ortho intramolecular Hbond substituents is 1. The molecule has 0 saturated heterocycles. The molecule has 0 aliphatic heterocycles. The number of aromatic nitrogens is 2. The molecule has 0 atom stereocenters. The normalized spacial score (nSPS) is 10.7. The molecule has 26 heavy (non-hydrogen) atoms. The lowest BCUT2D eigenvalue weighted by molar-refractivity contribution is 0.100. The monoisotopic (exact) mass is 350 g/mol. The maximum atomic E-state index is 13.2. The van der Waals surface area contributed by atoms with E-state index in [1.54, 1.807) is 44.3 Å². The number of phenols is 1. The first-order valence-corrected chi connectivity index (χ1v) is 7.89. The minimum absolute atomic E-state index is 0.00685. The van der Waals surface area contributed by atoms with Crippen LogP contribution in [-0.2, 0) is 0 Å². The van der Waals surface area contributed by atoms with Gasteiger partial charge in [-0.25, -0.2) is 0 Å². The number of nitrogens with two attached hydrogens (primary N) is 2. The van der Waals surface area contributed by atoms with Gasteiger partial charge in [-0.2, -0.15) is 0 Å². The summed E-state index contributed by atoms with van der Waals surface area (Å²) in [4.78, 5) is 29.3. The van der Waals surface area contributed by atoms with Gasteiger partial charge >= 0.3 is 0 Å². The summed E-state index contributed by atoms with van der Waals surface area (Å²) < 4.78 is 1.20. The first-order valence-electron chi connectivity index (χ1n) is 7.89. The van der Waals surface area contributed by atoms with Gasteiger partial charge in [0.1, 0.15) is 11.6 Å². The molecule has 1 aromatic carbocycles. The molecule has 0 unspecified atom stereocenters. The lowest BCUT2D eigenvalue weighted by Crippen LogP contribution is -2.28. The Bertz CT molecular complexity index is 1070. The standard InChI is InChI=1S/C19H18N4O3/c1-10-6-7-15(24)11(2)16(10)23-17(20)13(18(21)25)9-12(19(23)26)14-5-3-4-8-22-14/h3-9,24H,20H2,1-2H3,(H2,21,25). The van der Waals surface area contributed by atoms with Crippen molar-refractivity contribution in [3.05, 3.63) is 69.6 Å². The molecule has 0 spiro atoms. The van der Waals surface area contributed by atoms with Gasteiger partial charge in [0, 0.05) is 11.8 Å². The Hall–Kier alpha value is -3.61. The highest BCUT2D eigenvalue weighted by atomic mass is 16.3. The third-order valence-electron chi connectivity index (χ3n) is 4.27. The third kappa shape index (κ3) is 2.69. The van der Waals surface area contributed by atoms with Gasteiger partial charge in [-0.15, -0.1) is 0 Å². The van der Waals surface area contributed by atoms with Crippen LogP contribution in [0.4, 0.5) is 5.82 Å². The predicted octanol–water partition coefficient (Wildman–Crippen LogP) is 1.90. The number of nitrogens with zero attached hydrogens (tertiary/aromatic N) is 2. The Kier molecular flexibility index (Phi) is 4.21. The van der Waals surface area contributed by atoms with Crippen molar-refractivity contribution in [1.29, 1.82) is 0 Å². The van der Waals surface area contributed by atoms with Gasteiger partial charge in [0.15, 0.2) is 0 Å². The number of anilines is 1. The van der Waals surface area contributed by atoms with E-state index in [9.17, 15) is 14.7 Å². The van der Waals surface area contributed by atoms with E-state index in [4.69, 9.17) is 11.5 Å². The van der Waals surface area contributed by atoms with Crippen LogP contribution in [0, 0.1) is 13.8 Å². The molecule has 2 aromatic heterocycles. The van der Waals surface area contributed by atoms with Crippen molar-refractivity contribution >= 4 is 11.7 Å². The number of aryl methyl sites for hydroxylation is 1. The zero-order valence-corrected chi connectivity index (χ0v) is 14.4. The highest BCUT2D eigenvalue weighted by molar-refractivity contribution is 5.98. The smallest absolute Gasteiger partial charge is 0.266 e. The highest BCUT2D eigenvalue weighted by Gasteiger charge is 2.21. The van der Waals surface area contributed by atoms with Crippen molar-refractivity contribution < 1.29 is 9.90 Å². The summed E-state index contributed by atoms with van der Waals surface area (Å²) in [6.45, 7) is 3.45. The molecule has 0 saturated carbocycles. The fourth-order valence-corrected chi connectivity index (χ4v) is 2.92. The molecule has 0 bridgehead atoms. The molecule has 3 rings (SSSR count). The summed E-state index contributed by atoms with van der Waals surface area (Å²) in [7, 11) is 0. The number of aromatic hydroxyl groups is 1. The Morgan fingerprint density at radius 3 is 2.54 bits per heavy atom. The van der Waals surface area contributed by atoms with Crippen molar-refractivity contribution in [2.24, 2.45) is 5.73 Å². The molecule has 3 aromatic rings. The maximum absolute atomic E-state index is 13.2. The minimum Gasteiger partial charge on any atom is -0.508 e. The van der Waals surface area contributed by atoms with Gasteiger partial charge in [-0.1, -0.05) is 12.1 Å². The molecular formula is C19H18N4O3. The van der Waals surface area contributed by atoms with E-state index < -0.39 is 11.5 Å². The number of benzene rings is 1. The molecule has 0 radical (unpaired) electrons. The van der Waals surface area contributed by atoms with Crippen molar-refractivity contribution in [3.8, 4) is 22.7 Å². The number of pyridine rings is 2. The van der Waals surface area contributed by atoms with E-state index in [1.807, 2.05) is 0 Å². The molecule has 0 fully saturated rings. The SMILES string of the molecule is Cc1ccc(O)c(C)c1-n1c(N)c(C(N)=O)cc(-c2ccccn2)c1=O. The number of amides is 1. The fraction of sp³-hybridized carbons (Fsp3) is 0.105. The van der Waals surface area contributed by atoms with Crippen LogP contribution in [0.15, 0.2) is 47.4 Å². The van der Waals surface area contributed by atoms with E-state index in [-0.39, 0.29) is 22.7 Å². The zero-order valence-electron chi connectivity index (χ0n) is 14.4. The van der Waals surface area contributed by atoms with E-state index in [1.165, 1.54) is 16.7 Å². The second kappa shape index (κ2) is 6.36. The van der Waals surface area contributed by atoms with Crippen LogP contribution in [0.1, 0.15) is 21.5 Å². The molecule has 7 nitrogen and oxygen atoms in total. The number of nitrogen functional groups attached to an aromatic ring is 1. The summed E-state index contributed by atoms with van der Waals surface area (Å²) in [5.74, 6) is -0.830. The second-order valence-electron chi connectivity index (χ2n) is 5.95. The number of rotatable bonds is 3. The number of primary amides is 1. The second-order valence-corrected chi connectivity index (χ2v) is 5.95. The molecule has 0 aliphatic rings. The van der Waals surface area contributed by atoms with Crippen molar-refractivity contribution in [3.63, 3.8) is 0 Å². The highest BCUT2D eigenvalue weighted by Crippen LogP contribution is 2.29. The summed E-state index contributed by atoms with van der Waals surface area (Å²) in [6.07, 6.45) is 1.55. The zero-order chi connectivity index (χ0) is 19.0. The van der Waals surface area contributed by atoms with Gasteiger partial charge in [0.2, 0.25) is 0 Å². The van der Waals surface area contributed by atoms with Gasteiger partial charge in [-0.05, 0) is 43.7 Å². The van der Waals surface area contributed by atoms with Crippen LogP contribution in [0.3, 0.4) is 0 Å². The predicted molar refractivity (Wildman–Crippen MR) is 99.3 cm³/mol. The lowest BCUT2D eigenvalue weighted by atomic mass is 10.0. The van der Waals surface area contributed by atoms with Crippen molar-refractivity contribution in [2.75, 3.05) is 5.73 Å². The van der Waals surface area contributed by atoms with Gasteiger partial charge < -0.3 is 16.6 Å². The largest absolute Gasteiger partial charge is 0.508 e. The number of carbonyl (C=O) groups is 1. The lowest BCUT2D eigenvalue weighted by Gasteiger charge is -2.19. The molecule has 2 heterocycles. The Morgan fingerprint density at radius 1 is 1.19 bits per heavy atom. The van der Waals surface area contributed by atoms with Crippen LogP contribution >= 0.6 is 0 Å². The van der Waals surface area contributed by atoms with Gasteiger partial charge in [-0.3, -0.25) is 19.1 Å². The van der Waals surface area contributed by atoms with Crippen LogP contribution in [0.2, 0.25) is 0 Å². The van der Waals surface area contributed by atoms with Crippen LogP contribution in [0.25, 0.3) is 16.9 Å². The van der Waals surface area contributed by atoms with E-state index in [0.717, 1.165) is 0 Å². The number of carbonyl (C=O) groups excluding carboxylic acids is 1. The van der Waals surface area contributed by atoms with E-state index >= 15 is 0 Å². The minimum atomic E-state index is -0.760. The summed E-state index contributed by atoms with van der Waals surface area (Å²) in [5, 5.41) is 10.1. The van der Waals surface area contributed by atoms with Gasteiger partial charge in [0.05, 0.1) is 22.5 Å². The molecular weight excluding hydrogens is 332 g/mol. The summed E-state index contributed by atoms with van der Waals surface area (Å²) in [5.41, 5.74) is 13.3. The van der Waals surface area contributed by atoms with Gasteiger partial charge in [0.25, 0.3) is 11.5 Å². The maximum Gasteiger partial charge on any atom is 0.266 e. The number of hydrogen-bond acceptors (Lipinski definition) is 5.